The molecule has 0 bridgehead atoms. The van der Waals surface area contributed by atoms with Crippen LogP contribution in [0.25, 0.3) is 141 Å². The maximum Gasteiger partial charge on any atom is 0.160 e. The van der Waals surface area contributed by atoms with Crippen LogP contribution in [0, 0.1) is 13.8 Å². The van der Waals surface area contributed by atoms with E-state index in [1.807, 2.05) is 22.7 Å². The molecule has 2 nitrogen and oxygen atoms in total. The zero-order valence-corrected chi connectivity index (χ0v) is 66.9. The van der Waals surface area contributed by atoms with E-state index in [-0.39, 0.29) is 10.8 Å². The second-order valence-electron chi connectivity index (χ2n) is 32.5. The van der Waals surface area contributed by atoms with E-state index in [1.54, 1.807) is 5.56 Å². The fourth-order valence-electron chi connectivity index (χ4n) is 19.2. The number of benzene rings is 11. The molecule has 0 fully saturated rings. The summed E-state index contributed by atoms with van der Waals surface area (Å²) in [5.74, 6) is 0.751. The van der Waals surface area contributed by atoms with Gasteiger partial charge >= 0.3 is 0 Å². The molecule has 108 heavy (non-hydrogen) atoms. The highest BCUT2D eigenvalue weighted by Gasteiger charge is 2.45. The molecule has 0 radical (unpaired) electrons. The monoisotopic (exact) mass is 1450 g/mol. The molecule has 548 valence electrons. The van der Waals surface area contributed by atoms with Gasteiger partial charge in [0.05, 0.1) is 20.8 Å². The van der Waals surface area contributed by atoms with Crippen molar-refractivity contribution < 1.29 is 0 Å². The molecule has 3 aromatic heterocycles. The van der Waals surface area contributed by atoms with E-state index < -0.39 is 0 Å². The van der Waals surface area contributed by atoms with Crippen molar-refractivity contribution in [3.05, 3.63) is 252 Å². The Morgan fingerprint density at radius 1 is 0.259 bits per heavy atom. The number of aryl methyl sites for hydroxylation is 2. The smallest absolute Gasteiger partial charge is 0.160 e. The standard InChI is InChI=1S/C104H110N2S2/c1-7-11-15-19-23-31-57-103(58-32-24-20-16-12-8-2)92-61-71(5)45-51-86(92)88-54-49-77(67-94(88)103)96-70-97(106-102(105-96)81-64-79(84-43-35-39-73-37-27-29-41-82(73)84)63-80(65-81)85-44-36-40-74-38-28-30-42-83(74)85)78-50-55-89-87-53-47-75(76-48-56-91-99(69-76)108-100-90-52-46-72(6)62-98(90)107-101(91)100)66-93(87)104(95(89)68-78,59-33-25-21-17-13-9-3)60-34-26-22-18-14-10-4/h27-30,35-56,61-70H,7-26,31-34,57-60H2,1-6H3. The van der Waals surface area contributed by atoms with Gasteiger partial charge in [-0.25, -0.2) is 9.97 Å². The maximum atomic E-state index is 6.01. The van der Waals surface area contributed by atoms with Crippen molar-refractivity contribution in [3.8, 4) is 89.5 Å². The van der Waals surface area contributed by atoms with Crippen molar-refractivity contribution in [2.24, 2.45) is 0 Å². The molecular weight excluding hydrogens is 1340 g/mol. The van der Waals surface area contributed by atoms with Crippen LogP contribution >= 0.6 is 22.7 Å². The largest absolute Gasteiger partial charge is 0.228 e. The Balaban J connectivity index is 0.884. The summed E-state index contributed by atoms with van der Waals surface area (Å²) in [6.07, 6.45) is 35.3. The molecule has 11 aromatic carbocycles. The molecule has 0 atom stereocenters. The van der Waals surface area contributed by atoms with Gasteiger partial charge in [-0.3, -0.25) is 0 Å². The molecule has 0 amide bonds. The summed E-state index contributed by atoms with van der Waals surface area (Å²) in [6.45, 7) is 13.9. The highest BCUT2D eigenvalue weighted by Crippen LogP contribution is 2.58. The summed E-state index contributed by atoms with van der Waals surface area (Å²) in [5, 5.41) is 7.71. The quantitative estimate of drug-likeness (QED) is 0.0376. The number of aromatic nitrogens is 2. The second-order valence-corrected chi connectivity index (χ2v) is 34.6. The number of nitrogens with zero attached hydrogens (tertiary/aromatic N) is 2. The number of thiophene rings is 2. The van der Waals surface area contributed by atoms with E-state index in [9.17, 15) is 0 Å². The Labute approximate surface area is 652 Å². The Morgan fingerprint density at radius 2 is 0.611 bits per heavy atom. The second kappa shape index (κ2) is 33.2. The van der Waals surface area contributed by atoms with E-state index in [0.29, 0.717) is 0 Å². The molecule has 0 saturated heterocycles. The highest BCUT2D eigenvalue weighted by molar-refractivity contribution is 7.36. The molecule has 0 unspecified atom stereocenters. The average Bonchev–Trinajstić information content (AvgIpc) is 1.56. The zero-order valence-electron chi connectivity index (χ0n) is 65.3. The molecule has 2 aliphatic rings. The Hall–Kier alpha value is -8.80. The number of unbranched alkanes of at least 4 members (excludes halogenated alkanes) is 20. The zero-order chi connectivity index (χ0) is 73.6. The fourth-order valence-corrected chi connectivity index (χ4v) is 22.0. The molecule has 0 saturated carbocycles. The van der Waals surface area contributed by atoms with Crippen LogP contribution in [0.5, 0.6) is 0 Å². The first-order valence-corrected chi connectivity index (χ1v) is 43.7. The summed E-state index contributed by atoms with van der Waals surface area (Å²) in [6, 6.07) is 85.5. The number of fused-ring (bicyclic) bond motifs is 13. The lowest BCUT2D eigenvalue weighted by Crippen LogP contribution is -2.26. The number of hydrogen-bond donors (Lipinski definition) is 0. The lowest BCUT2D eigenvalue weighted by atomic mass is 9.70. The molecule has 3 heterocycles. The van der Waals surface area contributed by atoms with Crippen molar-refractivity contribution in [1.29, 1.82) is 0 Å². The summed E-state index contributed by atoms with van der Waals surface area (Å²) in [7, 11) is 0. The van der Waals surface area contributed by atoms with Gasteiger partial charge in [0.2, 0.25) is 0 Å². The van der Waals surface area contributed by atoms with Crippen LogP contribution in [-0.4, -0.2) is 9.97 Å². The normalized spacial score (nSPS) is 13.4. The van der Waals surface area contributed by atoms with E-state index >= 15 is 0 Å². The minimum absolute atomic E-state index is 0.0899. The predicted molar refractivity (Wildman–Crippen MR) is 472 cm³/mol. The van der Waals surface area contributed by atoms with Gasteiger partial charge < -0.3 is 0 Å². The molecule has 2 aliphatic carbocycles. The molecule has 16 rings (SSSR count). The molecule has 4 heteroatoms. The van der Waals surface area contributed by atoms with Gasteiger partial charge in [0.1, 0.15) is 0 Å². The molecule has 0 aliphatic heterocycles. The Morgan fingerprint density at radius 3 is 1.09 bits per heavy atom. The van der Waals surface area contributed by atoms with Crippen molar-refractivity contribution >= 4 is 73.8 Å². The third-order valence-electron chi connectivity index (χ3n) is 25.0. The van der Waals surface area contributed by atoms with Crippen LogP contribution < -0.4 is 0 Å². The first kappa shape index (κ1) is 73.4. The topological polar surface area (TPSA) is 25.8 Å². The van der Waals surface area contributed by atoms with Crippen LogP contribution in [0.15, 0.2) is 218 Å². The average molecular weight is 1450 g/mol. The van der Waals surface area contributed by atoms with Crippen LogP contribution in [0.2, 0.25) is 0 Å². The van der Waals surface area contributed by atoms with Crippen LogP contribution in [0.1, 0.15) is 241 Å². The predicted octanol–water partition coefficient (Wildman–Crippen LogP) is 32.5. The SMILES string of the molecule is CCCCCCCCC1(CCCCCCCC)c2cc(C)ccc2-c2ccc(-c3cc(-c4ccc5c(c4)C(CCCCCCCC)(CCCCCCCC)c4cc(-c6ccc7c(c6)sc6c8ccc(C)cc8sc76)ccc4-5)nc(-c4cc(-c5cccc6ccccc56)cc(-c5cccc6ccccc56)c4)n3)cc21. The third kappa shape index (κ3) is 14.7. The Kier molecular flexibility index (Phi) is 22.5. The van der Waals surface area contributed by atoms with Gasteiger partial charge in [0.25, 0.3) is 0 Å². The Bertz CT molecular complexity index is 5400. The lowest BCUT2D eigenvalue weighted by Gasteiger charge is -2.33. The minimum Gasteiger partial charge on any atom is -0.228 e. The van der Waals surface area contributed by atoms with Crippen molar-refractivity contribution in [1.82, 2.24) is 9.97 Å². The van der Waals surface area contributed by atoms with Gasteiger partial charge in [-0.1, -0.05) is 351 Å². The van der Waals surface area contributed by atoms with Crippen molar-refractivity contribution in [2.45, 2.75) is 232 Å². The molecule has 0 spiro atoms. The number of hydrogen-bond acceptors (Lipinski definition) is 4. The molecular formula is C104H110N2S2. The molecule has 0 N–H and O–H groups in total. The van der Waals surface area contributed by atoms with Gasteiger partial charge in [-0.2, -0.15) is 0 Å². The maximum absolute atomic E-state index is 6.01. The summed E-state index contributed by atoms with van der Waals surface area (Å²) in [4.78, 5) is 12.0. The van der Waals surface area contributed by atoms with Crippen molar-refractivity contribution in [2.75, 3.05) is 0 Å². The number of rotatable bonds is 34. The minimum atomic E-state index is -0.180. The summed E-state index contributed by atoms with van der Waals surface area (Å²) >= 11 is 3.94. The van der Waals surface area contributed by atoms with Crippen LogP contribution in [0.4, 0.5) is 0 Å². The fraction of sp³-hybridized carbons (Fsp3) is 0.346. The van der Waals surface area contributed by atoms with E-state index in [2.05, 4.69) is 260 Å². The van der Waals surface area contributed by atoms with E-state index in [1.165, 1.54) is 283 Å². The van der Waals surface area contributed by atoms with Gasteiger partial charge in [-0.05, 0) is 199 Å². The van der Waals surface area contributed by atoms with Crippen LogP contribution in [-0.2, 0) is 10.8 Å². The third-order valence-corrected chi connectivity index (χ3v) is 27.5. The summed E-state index contributed by atoms with van der Waals surface area (Å²) < 4.78 is 5.62. The first-order chi connectivity index (χ1) is 53.1. The highest BCUT2D eigenvalue weighted by atomic mass is 32.1. The van der Waals surface area contributed by atoms with Crippen molar-refractivity contribution in [3.63, 3.8) is 0 Å². The van der Waals surface area contributed by atoms with E-state index in [0.717, 1.165) is 65.1 Å². The van der Waals surface area contributed by atoms with Gasteiger partial charge in [-0.15, -0.1) is 22.7 Å². The van der Waals surface area contributed by atoms with Gasteiger partial charge in [0.15, 0.2) is 5.82 Å². The lowest BCUT2D eigenvalue weighted by molar-refractivity contribution is 0.398. The summed E-state index contributed by atoms with van der Waals surface area (Å²) in [5.41, 5.74) is 26.8. The molecule has 14 aromatic rings. The van der Waals surface area contributed by atoms with Gasteiger partial charge in [0, 0.05) is 47.7 Å². The van der Waals surface area contributed by atoms with E-state index in [4.69, 9.17) is 9.97 Å². The first-order valence-electron chi connectivity index (χ1n) is 42.1. The van der Waals surface area contributed by atoms with Crippen LogP contribution in [0.3, 0.4) is 0 Å².